The van der Waals surface area contributed by atoms with Crippen molar-refractivity contribution in [3.63, 3.8) is 0 Å². The van der Waals surface area contributed by atoms with E-state index in [-0.39, 0.29) is 6.04 Å². The summed E-state index contributed by atoms with van der Waals surface area (Å²) in [5.41, 5.74) is 7.89. The molecule has 0 bridgehead atoms. The van der Waals surface area contributed by atoms with Crippen molar-refractivity contribution in [1.29, 1.82) is 0 Å². The Hall–Kier alpha value is -1.16. The molecule has 3 nitrogen and oxygen atoms in total. The van der Waals surface area contributed by atoms with Crippen LogP contribution in [0.3, 0.4) is 0 Å². The molecule has 3 heteroatoms. The molecule has 1 aromatic rings. The van der Waals surface area contributed by atoms with Gasteiger partial charge in [-0.3, -0.25) is 11.3 Å². The van der Waals surface area contributed by atoms with Gasteiger partial charge in [0.2, 0.25) is 0 Å². The van der Waals surface area contributed by atoms with Crippen molar-refractivity contribution < 1.29 is 4.74 Å². The van der Waals surface area contributed by atoms with E-state index in [2.05, 4.69) is 30.2 Å². The number of fused-ring (bicyclic) bond motifs is 1. The number of allylic oxidation sites excluding steroid dienone is 1. The molecular formula is C14H20N2O. The van der Waals surface area contributed by atoms with Gasteiger partial charge in [-0.1, -0.05) is 23.8 Å². The lowest BCUT2D eigenvalue weighted by Gasteiger charge is -2.17. The predicted molar refractivity (Wildman–Crippen MR) is 69.0 cm³/mol. The fourth-order valence-corrected chi connectivity index (χ4v) is 2.15. The molecule has 1 unspecified atom stereocenters. The second-order valence-electron chi connectivity index (χ2n) is 4.74. The summed E-state index contributed by atoms with van der Waals surface area (Å²) in [6.45, 7) is 7.43. The summed E-state index contributed by atoms with van der Waals surface area (Å²) >= 11 is 0. The first-order valence-electron chi connectivity index (χ1n) is 6.00. The molecule has 1 heterocycles. The number of hydrogen-bond donors (Lipinski definition) is 2. The minimum atomic E-state index is 0.192. The SMILES string of the molecule is C=C(C)CCC(NN)c1ccc2c(c1)COC2. The van der Waals surface area contributed by atoms with Gasteiger partial charge in [-0.05, 0) is 36.5 Å². The third kappa shape index (κ3) is 2.94. The average Bonchev–Trinajstić information content (AvgIpc) is 2.76. The lowest BCUT2D eigenvalue weighted by Crippen LogP contribution is -2.28. The van der Waals surface area contributed by atoms with Crippen molar-refractivity contribution in [2.45, 2.75) is 39.0 Å². The van der Waals surface area contributed by atoms with E-state index in [1.807, 2.05) is 6.92 Å². The number of nitrogens with two attached hydrogens (primary N) is 1. The highest BCUT2D eigenvalue weighted by Crippen LogP contribution is 2.26. The van der Waals surface area contributed by atoms with Crippen molar-refractivity contribution in [3.05, 3.63) is 47.0 Å². The highest BCUT2D eigenvalue weighted by Gasteiger charge is 2.15. The van der Waals surface area contributed by atoms with Gasteiger partial charge in [0.1, 0.15) is 0 Å². The minimum Gasteiger partial charge on any atom is -0.372 e. The van der Waals surface area contributed by atoms with E-state index in [4.69, 9.17) is 10.6 Å². The first kappa shape index (κ1) is 12.3. The van der Waals surface area contributed by atoms with Crippen molar-refractivity contribution in [1.82, 2.24) is 5.43 Å². The molecular weight excluding hydrogens is 212 g/mol. The Balaban J connectivity index is 2.11. The van der Waals surface area contributed by atoms with Gasteiger partial charge in [0.05, 0.1) is 13.2 Å². The maximum absolute atomic E-state index is 5.63. The Bertz CT molecular complexity index is 415. The second-order valence-corrected chi connectivity index (χ2v) is 4.74. The van der Waals surface area contributed by atoms with Gasteiger partial charge in [-0.25, -0.2) is 0 Å². The van der Waals surface area contributed by atoms with Gasteiger partial charge >= 0.3 is 0 Å². The van der Waals surface area contributed by atoms with Gasteiger partial charge in [-0.2, -0.15) is 0 Å². The molecule has 1 atom stereocenters. The lowest BCUT2D eigenvalue weighted by atomic mass is 9.97. The van der Waals surface area contributed by atoms with Crippen LogP contribution in [0.1, 0.15) is 42.5 Å². The van der Waals surface area contributed by atoms with Crippen LogP contribution >= 0.6 is 0 Å². The highest BCUT2D eigenvalue weighted by molar-refractivity contribution is 5.34. The van der Waals surface area contributed by atoms with Crippen LogP contribution in [0.4, 0.5) is 0 Å². The molecule has 0 aromatic heterocycles. The summed E-state index contributed by atoms with van der Waals surface area (Å²) in [6.07, 6.45) is 1.97. The quantitative estimate of drug-likeness (QED) is 0.466. The van der Waals surface area contributed by atoms with E-state index < -0.39 is 0 Å². The Labute approximate surface area is 103 Å². The van der Waals surface area contributed by atoms with Gasteiger partial charge in [0.15, 0.2) is 0 Å². The fraction of sp³-hybridized carbons (Fsp3) is 0.429. The summed E-state index contributed by atoms with van der Waals surface area (Å²) < 4.78 is 5.42. The van der Waals surface area contributed by atoms with E-state index >= 15 is 0 Å². The Morgan fingerprint density at radius 1 is 1.47 bits per heavy atom. The zero-order valence-corrected chi connectivity index (χ0v) is 10.3. The summed E-state index contributed by atoms with van der Waals surface area (Å²) in [5, 5.41) is 0. The van der Waals surface area contributed by atoms with Gasteiger partial charge in [0.25, 0.3) is 0 Å². The van der Waals surface area contributed by atoms with Crippen LogP contribution in [-0.4, -0.2) is 0 Å². The van der Waals surface area contributed by atoms with Crippen LogP contribution < -0.4 is 11.3 Å². The van der Waals surface area contributed by atoms with E-state index in [0.29, 0.717) is 0 Å². The van der Waals surface area contributed by atoms with Crippen molar-refractivity contribution in [3.8, 4) is 0 Å². The van der Waals surface area contributed by atoms with Crippen LogP contribution in [0.2, 0.25) is 0 Å². The Morgan fingerprint density at radius 3 is 2.94 bits per heavy atom. The van der Waals surface area contributed by atoms with Crippen LogP contribution in [0, 0.1) is 0 Å². The molecule has 0 fully saturated rings. The molecule has 0 saturated carbocycles. The van der Waals surface area contributed by atoms with Crippen LogP contribution in [-0.2, 0) is 18.0 Å². The third-order valence-corrected chi connectivity index (χ3v) is 3.21. The maximum atomic E-state index is 5.63. The largest absolute Gasteiger partial charge is 0.372 e. The topological polar surface area (TPSA) is 47.3 Å². The predicted octanol–water partition coefficient (Wildman–Crippen LogP) is 2.58. The number of benzene rings is 1. The number of rotatable bonds is 5. The zero-order valence-electron chi connectivity index (χ0n) is 10.3. The molecule has 1 aliphatic rings. The maximum Gasteiger partial charge on any atom is 0.0725 e. The standard InChI is InChI=1S/C14H20N2O/c1-10(2)3-6-14(16-15)11-4-5-12-8-17-9-13(12)7-11/h4-5,7,14,16H,1,3,6,8-9,15H2,2H3. The van der Waals surface area contributed by atoms with Crippen LogP contribution in [0.15, 0.2) is 30.4 Å². The molecule has 92 valence electrons. The van der Waals surface area contributed by atoms with E-state index in [1.54, 1.807) is 0 Å². The van der Waals surface area contributed by atoms with Gasteiger partial charge < -0.3 is 4.74 Å². The second kappa shape index (κ2) is 5.45. The van der Waals surface area contributed by atoms with E-state index in [9.17, 15) is 0 Å². The first-order chi connectivity index (χ1) is 8.20. The number of nitrogens with one attached hydrogen (secondary N) is 1. The molecule has 0 aliphatic carbocycles. The van der Waals surface area contributed by atoms with E-state index in [0.717, 1.165) is 26.1 Å². The minimum absolute atomic E-state index is 0.192. The molecule has 0 radical (unpaired) electrons. The summed E-state index contributed by atoms with van der Waals surface area (Å²) in [5.74, 6) is 5.63. The van der Waals surface area contributed by atoms with E-state index in [1.165, 1.54) is 22.3 Å². The monoisotopic (exact) mass is 232 g/mol. The lowest BCUT2D eigenvalue weighted by molar-refractivity contribution is 0.134. The molecule has 1 aromatic carbocycles. The molecule has 1 aliphatic heterocycles. The fourth-order valence-electron chi connectivity index (χ4n) is 2.15. The first-order valence-corrected chi connectivity index (χ1v) is 6.00. The van der Waals surface area contributed by atoms with Gasteiger partial charge in [0, 0.05) is 6.04 Å². The third-order valence-electron chi connectivity index (χ3n) is 3.21. The molecule has 0 spiro atoms. The zero-order chi connectivity index (χ0) is 12.3. The molecule has 0 saturated heterocycles. The molecule has 0 amide bonds. The number of ether oxygens (including phenoxy) is 1. The van der Waals surface area contributed by atoms with Crippen molar-refractivity contribution in [2.24, 2.45) is 5.84 Å². The van der Waals surface area contributed by atoms with Crippen LogP contribution in [0.25, 0.3) is 0 Å². The van der Waals surface area contributed by atoms with Crippen molar-refractivity contribution in [2.75, 3.05) is 0 Å². The summed E-state index contributed by atoms with van der Waals surface area (Å²) in [6, 6.07) is 6.67. The summed E-state index contributed by atoms with van der Waals surface area (Å²) in [4.78, 5) is 0. The molecule has 3 N–H and O–H groups in total. The Kier molecular flexibility index (Phi) is 3.94. The normalized spacial score (nSPS) is 15.6. The van der Waals surface area contributed by atoms with Crippen LogP contribution in [0.5, 0.6) is 0 Å². The Morgan fingerprint density at radius 2 is 2.24 bits per heavy atom. The average molecular weight is 232 g/mol. The molecule has 17 heavy (non-hydrogen) atoms. The molecule has 2 rings (SSSR count). The highest BCUT2D eigenvalue weighted by atomic mass is 16.5. The number of hydrogen-bond acceptors (Lipinski definition) is 3. The van der Waals surface area contributed by atoms with Crippen molar-refractivity contribution >= 4 is 0 Å². The van der Waals surface area contributed by atoms with Gasteiger partial charge in [-0.15, -0.1) is 6.58 Å². The summed E-state index contributed by atoms with van der Waals surface area (Å²) in [7, 11) is 0. The number of hydrazine groups is 1. The smallest absolute Gasteiger partial charge is 0.0725 e.